The summed E-state index contributed by atoms with van der Waals surface area (Å²) in [5, 5.41) is 26.5. The van der Waals surface area contributed by atoms with E-state index in [1.54, 1.807) is 19.9 Å². The first kappa shape index (κ1) is 84.7. The number of carbonyl (C=O) groups excluding carboxylic acids is 2. The number of ether oxygens (including phenoxy) is 5. The van der Waals surface area contributed by atoms with Crippen molar-refractivity contribution < 1.29 is 78.5 Å². The summed E-state index contributed by atoms with van der Waals surface area (Å²) in [5.41, 5.74) is 20.3. The van der Waals surface area contributed by atoms with Crippen LogP contribution in [0.5, 0.6) is 17.2 Å². The van der Waals surface area contributed by atoms with Crippen molar-refractivity contribution in [2.45, 2.75) is 134 Å². The van der Waals surface area contributed by atoms with E-state index in [0.717, 1.165) is 174 Å². The zero-order chi connectivity index (χ0) is 79.6. The summed E-state index contributed by atoms with van der Waals surface area (Å²) in [5.74, 6) is 3.77. The number of carboxylic acids is 1. The predicted molar refractivity (Wildman–Crippen MR) is 444 cm³/mol. The molecule has 3 aliphatic rings. The van der Waals surface area contributed by atoms with E-state index < -0.39 is 46.2 Å². The van der Waals surface area contributed by atoms with E-state index in [1.807, 2.05) is 146 Å². The standard InChI is InChI=1S/C29H32N4O4.C27H28N4O4.C22H29N3O3.C8H7NOS.2ClH.Hg/c1-2-35-28(34)25(33-29-32-24-9-3-4-10-26(24)37-29)19-20-11-15-23(16-12-20)36-18-6-8-22-14-13-21-7-5-17-30-27(21)31-22;32-26(33)23(31-27-30-22-7-1-2-8-24(22)35-27)17-18-9-13-21(14-10-18)34-16-4-6-20-12-11-19-5-3-15-28-25(19)29-20;1-2-27-22(26)20(23)15-16-7-11-19(12-8-16)28-14-4-6-18-10-9-17-5-3-13-24-21(17)25-18;1-11-8-9-6-4-2-3-5-7(6)10-8;;;/h3-4,9-16,25H,2,5-8,17-19H2,1H3,(H,30,31)(H,32,33);1-2,7-14,23H,3-6,15-17H2,(H,28,29)(H,30,31)(H,32,33);7-12,20H,2-6,13-15,23H2,1H3,(H,24,25);2-5H,1H3;2*1H;/q;;;;;;+2/p-2. The van der Waals surface area contributed by atoms with Crippen LogP contribution in [0.1, 0.15) is 103 Å². The number of hydrogen-bond acceptors (Lipinski definition) is 24. The Morgan fingerprint density at radius 1 is 0.482 bits per heavy atom. The van der Waals surface area contributed by atoms with Crippen molar-refractivity contribution in [3.63, 3.8) is 0 Å². The first-order valence-electron chi connectivity index (χ1n) is 38.7. The van der Waals surface area contributed by atoms with Crippen molar-refractivity contribution >= 4 is 109 Å². The number of anilines is 5. The molecule has 114 heavy (non-hydrogen) atoms. The second-order valence-electron chi connectivity index (χ2n) is 27.0. The average Bonchev–Trinajstić information content (AvgIpc) is 1.04. The van der Waals surface area contributed by atoms with E-state index in [2.05, 4.69) is 77.9 Å². The Labute approximate surface area is 686 Å². The molecule has 0 radical (unpaired) electrons. The number of benzene rings is 6. The molecule has 28 heteroatoms. The van der Waals surface area contributed by atoms with Gasteiger partial charge in [0.1, 0.15) is 69.4 Å². The van der Waals surface area contributed by atoms with Crippen molar-refractivity contribution in [2.75, 3.05) is 85.5 Å². The fraction of sp³-hybridized carbons (Fsp3) is 0.337. The SMILES string of the molecule is CCOC(=O)C(Cc1ccc(OCCCc2ccc3c(n2)NCCC3)cc1)Nc1nc2ccccc2o1.CCOC(=O)C(N)Cc1ccc(OCCCc2ccc3c(n2)NCCC3)cc1.CSc1nc2ccccc2o1.O=C(O)C(Cc1ccc(OCCCc2ccc3c(n2)NCCC3)cc1)Nc1nc2ccccc2o1.[Cl][Hg][Cl]. The van der Waals surface area contributed by atoms with Crippen LogP contribution in [-0.4, -0.2) is 130 Å². The van der Waals surface area contributed by atoms with E-state index in [0.29, 0.717) is 68.6 Å². The number of aliphatic carboxylic acids is 1. The van der Waals surface area contributed by atoms with E-state index in [1.165, 1.54) is 41.3 Å². The maximum atomic E-state index is 12.6. The van der Waals surface area contributed by atoms with Crippen molar-refractivity contribution in [1.82, 2.24) is 29.9 Å². The Morgan fingerprint density at radius 2 is 0.842 bits per heavy atom. The molecule has 3 aliphatic heterocycles. The number of rotatable bonds is 31. The van der Waals surface area contributed by atoms with Gasteiger partial charge < -0.3 is 74.4 Å². The molecule has 0 saturated carbocycles. The second-order valence-corrected chi connectivity index (χ2v) is 35.6. The van der Waals surface area contributed by atoms with Crippen LogP contribution in [0, 0.1) is 0 Å². The van der Waals surface area contributed by atoms with Crippen molar-refractivity contribution in [2.24, 2.45) is 5.73 Å². The first-order chi connectivity index (χ1) is 55.8. The summed E-state index contributed by atoms with van der Waals surface area (Å²) < 4.78 is 44.6. The Hall–Kier alpha value is -10.2. The fourth-order valence-electron chi connectivity index (χ4n) is 12.8. The van der Waals surface area contributed by atoms with Crippen molar-refractivity contribution in [1.29, 1.82) is 0 Å². The Kier molecular flexibility index (Phi) is 33.5. The Bertz CT molecular complexity index is 4900. The van der Waals surface area contributed by atoms with Gasteiger partial charge in [-0.1, -0.05) is 103 Å². The molecule has 0 aliphatic carbocycles. The number of nitrogens with two attached hydrogens (primary N) is 1. The van der Waals surface area contributed by atoms with Crippen molar-refractivity contribution in [3.05, 3.63) is 232 Å². The number of esters is 2. The van der Waals surface area contributed by atoms with E-state index in [-0.39, 0.29) is 24.4 Å². The number of carboxylic acid groups (broad SMARTS) is 1. The van der Waals surface area contributed by atoms with Gasteiger partial charge in [-0.15, -0.1) is 0 Å². The third kappa shape index (κ3) is 26.4. The number of nitrogens with one attached hydrogen (secondary N) is 5. The minimum atomic E-state index is -1.14. The van der Waals surface area contributed by atoms with Crippen LogP contribution in [0.15, 0.2) is 200 Å². The van der Waals surface area contributed by atoms with Gasteiger partial charge in [0.05, 0.1) is 33.0 Å². The van der Waals surface area contributed by atoms with Crippen LogP contribution in [0.25, 0.3) is 33.3 Å². The monoisotopic (exact) mass is 1790 g/mol. The quantitative estimate of drug-likeness (QED) is 0.00918. The third-order valence-electron chi connectivity index (χ3n) is 18.6. The molecule has 6 aromatic heterocycles. The number of para-hydroxylation sites is 6. The summed E-state index contributed by atoms with van der Waals surface area (Å²) in [6.45, 7) is 9.03. The van der Waals surface area contributed by atoms with Gasteiger partial charge in [-0.25, -0.2) is 29.5 Å². The van der Waals surface area contributed by atoms with Gasteiger partial charge in [0.15, 0.2) is 16.7 Å². The fourth-order valence-corrected chi connectivity index (χ4v) is 13.2. The number of thioether (sulfide) groups is 1. The number of nitrogens with zero attached hydrogens (tertiary/aromatic N) is 6. The summed E-state index contributed by atoms with van der Waals surface area (Å²) >= 11 is 0.378. The van der Waals surface area contributed by atoms with E-state index in [4.69, 9.17) is 74.1 Å². The molecule has 3 unspecified atom stereocenters. The molecular formula is C86H96Cl2HgN12O12S. The molecule has 0 saturated heterocycles. The predicted octanol–water partition coefficient (Wildman–Crippen LogP) is 16.7. The van der Waals surface area contributed by atoms with E-state index >= 15 is 0 Å². The topological polar surface area (TPSA) is 321 Å². The molecule has 0 amide bonds. The Balaban J connectivity index is 0.000000156. The molecule has 0 bridgehead atoms. The molecule has 3 atom stereocenters. The number of aromatic nitrogens is 6. The Morgan fingerprint density at radius 3 is 1.22 bits per heavy atom. The van der Waals surface area contributed by atoms with Gasteiger partial charge >= 0.3 is 56.5 Å². The summed E-state index contributed by atoms with van der Waals surface area (Å²) in [6.07, 6.45) is 15.2. The van der Waals surface area contributed by atoms with Crippen LogP contribution in [0.4, 0.5) is 29.5 Å². The summed E-state index contributed by atoms with van der Waals surface area (Å²) in [6, 6.07) is 56.8. The van der Waals surface area contributed by atoms with Gasteiger partial charge in [0, 0.05) is 49.6 Å². The molecule has 15 rings (SSSR count). The van der Waals surface area contributed by atoms with Gasteiger partial charge in [0.2, 0.25) is 0 Å². The van der Waals surface area contributed by atoms with Gasteiger partial charge in [-0.2, -0.15) is 9.97 Å². The zero-order valence-electron chi connectivity index (χ0n) is 64.4. The molecular weight excluding hydrogens is 1700 g/mol. The molecule has 9 heterocycles. The number of oxazole rings is 3. The molecule has 12 aromatic rings. The normalized spacial score (nSPS) is 13.1. The van der Waals surface area contributed by atoms with E-state index in [9.17, 15) is 19.5 Å². The second kappa shape index (κ2) is 45.0. The van der Waals surface area contributed by atoms with Gasteiger partial charge in [0.25, 0.3) is 17.3 Å². The van der Waals surface area contributed by atoms with Gasteiger partial charge in [-0.3, -0.25) is 4.79 Å². The number of aryl methyl sites for hydroxylation is 6. The molecule has 8 N–H and O–H groups in total. The molecule has 24 nitrogen and oxygen atoms in total. The number of pyridine rings is 3. The summed E-state index contributed by atoms with van der Waals surface area (Å²) in [4.78, 5) is 63.1. The number of hydrogen-bond donors (Lipinski definition) is 7. The van der Waals surface area contributed by atoms with Crippen LogP contribution in [-0.2, 0) is 104 Å². The number of fused-ring (bicyclic) bond motifs is 6. The number of halogens is 2. The summed E-state index contributed by atoms with van der Waals surface area (Å²) in [7, 11) is 9.97. The third-order valence-corrected chi connectivity index (χ3v) is 19.1. The zero-order valence-corrected chi connectivity index (χ0v) is 72.2. The molecule has 0 spiro atoms. The molecule has 6 aromatic carbocycles. The minimum absolute atomic E-state index is 0.197. The van der Waals surface area contributed by atoms with Crippen LogP contribution in [0.3, 0.4) is 0 Å². The first-order valence-corrected chi connectivity index (χ1v) is 53.5. The number of carbonyl (C=O) groups is 3. The van der Waals surface area contributed by atoms with Crippen LogP contribution >= 0.6 is 28.3 Å². The maximum absolute atomic E-state index is 12.6. The average molecular weight is 1790 g/mol. The van der Waals surface area contributed by atoms with Gasteiger partial charge in [-0.05, 0) is 228 Å². The van der Waals surface area contributed by atoms with Crippen LogP contribution < -0.4 is 46.5 Å². The molecule has 0 fully saturated rings. The molecule has 594 valence electrons. The van der Waals surface area contributed by atoms with Crippen LogP contribution in [0.2, 0.25) is 0 Å². The van der Waals surface area contributed by atoms with Crippen molar-refractivity contribution in [3.8, 4) is 17.2 Å².